The third-order valence-corrected chi connectivity index (χ3v) is 6.21. The number of thioether (sulfide) groups is 1. The van der Waals surface area contributed by atoms with E-state index in [2.05, 4.69) is 33.0 Å². The Morgan fingerprint density at radius 3 is 2.70 bits per heavy atom. The van der Waals surface area contributed by atoms with Crippen molar-refractivity contribution in [3.63, 3.8) is 0 Å². The summed E-state index contributed by atoms with van der Waals surface area (Å²) in [7, 11) is 0. The summed E-state index contributed by atoms with van der Waals surface area (Å²) in [5.41, 5.74) is 1.43. The van der Waals surface area contributed by atoms with Gasteiger partial charge in [-0.15, -0.1) is 11.3 Å². The molecule has 3 aromatic rings. The minimum atomic E-state index is -0.441. The maximum Gasteiger partial charge on any atom is 0.234 e. The van der Waals surface area contributed by atoms with Gasteiger partial charge in [0, 0.05) is 16.2 Å². The number of para-hydroxylation sites is 1. The molecule has 0 atom stereocenters. The van der Waals surface area contributed by atoms with Crippen molar-refractivity contribution in [3.8, 4) is 0 Å². The molecule has 0 aliphatic heterocycles. The van der Waals surface area contributed by atoms with E-state index in [1.807, 2.05) is 0 Å². The molecule has 0 radical (unpaired) electrons. The van der Waals surface area contributed by atoms with Gasteiger partial charge in [0.25, 0.3) is 0 Å². The van der Waals surface area contributed by atoms with Gasteiger partial charge in [0.15, 0.2) is 0 Å². The van der Waals surface area contributed by atoms with E-state index in [9.17, 15) is 9.18 Å². The summed E-state index contributed by atoms with van der Waals surface area (Å²) in [6.45, 7) is 8.33. The largest absolute Gasteiger partial charge is 0.323 e. The maximum atomic E-state index is 13.7. The summed E-state index contributed by atoms with van der Waals surface area (Å²) >= 11 is 3.05. The predicted molar refractivity (Wildman–Crippen MR) is 111 cm³/mol. The molecule has 0 unspecified atom stereocenters. The fourth-order valence-corrected chi connectivity index (χ4v) is 4.87. The Morgan fingerprint density at radius 2 is 2.04 bits per heavy atom. The van der Waals surface area contributed by atoms with Crippen molar-refractivity contribution in [2.24, 2.45) is 0 Å². The average Bonchev–Trinajstić information content (AvgIpc) is 2.96. The number of anilines is 1. The number of nitrogens with one attached hydrogen (secondary N) is 1. The highest BCUT2D eigenvalue weighted by molar-refractivity contribution is 8.00. The number of aryl methyl sites for hydroxylation is 2. The molecular weight excluding hydrogens is 381 g/mol. The number of carbonyl (C=O) groups excluding carboxylic acids is 1. The van der Waals surface area contributed by atoms with Gasteiger partial charge in [0.2, 0.25) is 5.91 Å². The van der Waals surface area contributed by atoms with Crippen molar-refractivity contribution in [3.05, 3.63) is 46.3 Å². The molecule has 0 saturated carbocycles. The van der Waals surface area contributed by atoms with E-state index in [1.165, 1.54) is 28.3 Å². The molecule has 27 heavy (non-hydrogen) atoms. The third-order valence-electron chi connectivity index (χ3n) is 4.19. The molecule has 0 aliphatic rings. The molecule has 0 spiro atoms. The number of halogens is 1. The number of thiophene rings is 1. The highest BCUT2D eigenvalue weighted by atomic mass is 32.2. The van der Waals surface area contributed by atoms with Crippen LogP contribution in [0.25, 0.3) is 10.2 Å². The maximum absolute atomic E-state index is 13.7. The zero-order valence-corrected chi connectivity index (χ0v) is 17.4. The molecular formula is C20H22FN3OS2. The summed E-state index contributed by atoms with van der Waals surface area (Å²) in [5.74, 6) is 0.449. The number of hydrogen-bond acceptors (Lipinski definition) is 5. The average molecular weight is 404 g/mol. The summed E-state index contributed by atoms with van der Waals surface area (Å²) in [5, 5.41) is 4.50. The summed E-state index contributed by atoms with van der Waals surface area (Å²) in [6, 6.07) is 6.16. The minimum absolute atomic E-state index is 0.163. The van der Waals surface area contributed by atoms with Crippen molar-refractivity contribution in [1.29, 1.82) is 0 Å². The van der Waals surface area contributed by atoms with Gasteiger partial charge in [-0.05, 0) is 31.0 Å². The molecule has 7 heteroatoms. The van der Waals surface area contributed by atoms with E-state index in [0.29, 0.717) is 0 Å². The lowest BCUT2D eigenvalue weighted by molar-refractivity contribution is -0.113. The monoisotopic (exact) mass is 403 g/mol. The van der Waals surface area contributed by atoms with E-state index >= 15 is 0 Å². The first-order valence-electron chi connectivity index (χ1n) is 8.87. The van der Waals surface area contributed by atoms with Gasteiger partial charge < -0.3 is 5.32 Å². The highest BCUT2D eigenvalue weighted by Crippen LogP contribution is 2.36. The second-order valence-corrected chi connectivity index (χ2v) is 8.70. The fourth-order valence-electron chi connectivity index (χ4n) is 2.82. The Labute approximate surface area is 166 Å². The van der Waals surface area contributed by atoms with Gasteiger partial charge in [-0.2, -0.15) is 0 Å². The van der Waals surface area contributed by atoms with Crippen LogP contribution in [0.3, 0.4) is 0 Å². The van der Waals surface area contributed by atoms with Crippen LogP contribution in [-0.2, 0) is 11.2 Å². The van der Waals surface area contributed by atoms with E-state index < -0.39 is 5.82 Å². The number of hydrogen-bond donors (Lipinski definition) is 1. The van der Waals surface area contributed by atoms with Crippen molar-refractivity contribution < 1.29 is 9.18 Å². The molecule has 1 amide bonds. The standard InChI is InChI=1S/C20H22FN3OS2/c1-5-13-12(4)27-20-17(13)19(23-18(24-20)11(2)3)26-10-16(25)22-15-9-7-6-8-14(15)21/h6-9,11H,5,10H2,1-4H3,(H,22,25). The molecule has 0 saturated heterocycles. The fraction of sp³-hybridized carbons (Fsp3) is 0.350. The second kappa shape index (κ2) is 8.35. The molecule has 0 bridgehead atoms. The number of amides is 1. The normalized spacial score (nSPS) is 11.3. The van der Waals surface area contributed by atoms with Gasteiger partial charge in [0.05, 0.1) is 11.4 Å². The van der Waals surface area contributed by atoms with Gasteiger partial charge in [-0.1, -0.05) is 44.7 Å². The van der Waals surface area contributed by atoms with Crippen LogP contribution in [0.5, 0.6) is 0 Å². The number of fused-ring (bicyclic) bond motifs is 1. The van der Waals surface area contributed by atoms with Crippen LogP contribution in [0.2, 0.25) is 0 Å². The van der Waals surface area contributed by atoms with Crippen molar-refractivity contribution >= 4 is 44.9 Å². The topological polar surface area (TPSA) is 54.9 Å². The van der Waals surface area contributed by atoms with Gasteiger partial charge in [-0.25, -0.2) is 14.4 Å². The Kier molecular flexibility index (Phi) is 6.11. The molecule has 142 valence electrons. The van der Waals surface area contributed by atoms with Gasteiger partial charge in [0.1, 0.15) is 21.5 Å². The Morgan fingerprint density at radius 1 is 1.30 bits per heavy atom. The lowest BCUT2D eigenvalue weighted by atomic mass is 10.1. The number of carbonyl (C=O) groups is 1. The number of aromatic nitrogens is 2. The van der Waals surface area contributed by atoms with Crippen molar-refractivity contribution in [1.82, 2.24) is 9.97 Å². The molecule has 1 N–H and O–H groups in total. The predicted octanol–water partition coefficient (Wildman–Crippen LogP) is 5.56. The first-order valence-corrected chi connectivity index (χ1v) is 10.7. The van der Waals surface area contributed by atoms with Crippen LogP contribution in [0, 0.1) is 12.7 Å². The number of rotatable bonds is 6. The molecule has 1 aromatic carbocycles. The molecule has 2 heterocycles. The third kappa shape index (κ3) is 4.30. The van der Waals surface area contributed by atoms with Crippen LogP contribution in [0.15, 0.2) is 29.3 Å². The molecule has 2 aromatic heterocycles. The van der Waals surface area contributed by atoms with Crippen LogP contribution < -0.4 is 5.32 Å². The molecule has 3 rings (SSSR count). The SMILES string of the molecule is CCc1c(C)sc2nc(C(C)C)nc(SCC(=O)Nc3ccccc3F)c12. The number of benzene rings is 1. The number of nitrogens with zero attached hydrogens (tertiary/aromatic N) is 2. The zero-order chi connectivity index (χ0) is 19.6. The van der Waals surface area contributed by atoms with E-state index in [0.717, 1.165) is 27.5 Å². The second-order valence-electron chi connectivity index (χ2n) is 6.53. The Balaban J connectivity index is 1.87. The van der Waals surface area contributed by atoms with Crippen molar-refractivity contribution in [2.75, 3.05) is 11.1 Å². The minimum Gasteiger partial charge on any atom is -0.323 e. The highest BCUT2D eigenvalue weighted by Gasteiger charge is 2.18. The lowest BCUT2D eigenvalue weighted by Crippen LogP contribution is -2.15. The molecule has 0 fully saturated rings. The van der Waals surface area contributed by atoms with Crippen LogP contribution in [-0.4, -0.2) is 21.6 Å². The van der Waals surface area contributed by atoms with Crippen molar-refractivity contribution in [2.45, 2.75) is 45.1 Å². The lowest BCUT2D eigenvalue weighted by Gasteiger charge is -2.10. The van der Waals surface area contributed by atoms with Crippen LogP contribution in [0.4, 0.5) is 10.1 Å². The van der Waals surface area contributed by atoms with Crippen LogP contribution in [0.1, 0.15) is 43.0 Å². The quantitative estimate of drug-likeness (QED) is 0.433. The summed E-state index contributed by atoms with van der Waals surface area (Å²) in [6.07, 6.45) is 0.894. The van der Waals surface area contributed by atoms with Gasteiger partial charge >= 0.3 is 0 Å². The Hall–Kier alpha value is -1.99. The zero-order valence-electron chi connectivity index (χ0n) is 15.8. The van der Waals surface area contributed by atoms with Crippen LogP contribution >= 0.6 is 23.1 Å². The van der Waals surface area contributed by atoms with Gasteiger partial charge in [-0.3, -0.25) is 4.79 Å². The molecule has 0 aliphatic carbocycles. The van der Waals surface area contributed by atoms with E-state index in [-0.39, 0.29) is 23.3 Å². The first kappa shape index (κ1) is 19.8. The molecule has 4 nitrogen and oxygen atoms in total. The van der Waals surface area contributed by atoms with E-state index in [4.69, 9.17) is 9.97 Å². The smallest absolute Gasteiger partial charge is 0.234 e. The summed E-state index contributed by atoms with van der Waals surface area (Å²) in [4.78, 5) is 24.0. The first-order chi connectivity index (χ1) is 12.9. The van der Waals surface area contributed by atoms with E-state index in [1.54, 1.807) is 29.5 Å². The Bertz CT molecular complexity index is 985. The summed E-state index contributed by atoms with van der Waals surface area (Å²) < 4.78 is 13.7.